The van der Waals surface area contributed by atoms with Crippen LogP contribution in [0, 0.1) is 21.7 Å². The highest BCUT2D eigenvalue weighted by Crippen LogP contribution is 2.71. The predicted molar refractivity (Wildman–Crippen MR) is 78.1 cm³/mol. The third-order valence-corrected chi connectivity index (χ3v) is 5.67. The summed E-state index contributed by atoms with van der Waals surface area (Å²) >= 11 is 0. The highest BCUT2D eigenvalue weighted by molar-refractivity contribution is 5.16. The molecule has 0 saturated heterocycles. The molecule has 0 N–H and O–H groups in total. The lowest BCUT2D eigenvalue weighted by Gasteiger charge is -2.42. The van der Waals surface area contributed by atoms with E-state index in [2.05, 4.69) is 62.0 Å². The van der Waals surface area contributed by atoms with Crippen LogP contribution in [-0.4, -0.2) is 0 Å². The minimum Gasteiger partial charge on any atom is -0.100 e. The van der Waals surface area contributed by atoms with Gasteiger partial charge in [-0.1, -0.05) is 54.0 Å². The second-order valence-electron chi connectivity index (χ2n) is 8.74. The molecule has 0 bridgehead atoms. The maximum Gasteiger partial charge on any atom is -0.0229 e. The van der Waals surface area contributed by atoms with Crippen molar-refractivity contribution in [1.29, 1.82) is 0 Å². The van der Waals surface area contributed by atoms with Crippen molar-refractivity contribution in [2.75, 3.05) is 0 Å². The number of hydrogen-bond donors (Lipinski definition) is 0. The molecule has 1 fully saturated rings. The standard InChI is InChI=1S/C17H32/c1-13(2)10-16(8)12-17(16,9)11-15(6,7)14(3,4)5/h1,10-12H2,2-9H3. The first-order chi connectivity index (χ1) is 7.33. The Morgan fingerprint density at radius 2 is 1.53 bits per heavy atom. The van der Waals surface area contributed by atoms with Crippen molar-refractivity contribution in [3.63, 3.8) is 0 Å². The van der Waals surface area contributed by atoms with E-state index in [1.807, 2.05) is 0 Å². The van der Waals surface area contributed by atoms with E-state index in [4.69, 9.17) is 0 Å². The topological polar surface area (TPSA) is 0 Å². The lowest BCUT2D eigenvalue weighted by molar-refractivity contribution is 0.0817. The summed E-state index contributed by atoms with van der Waals surface area (Å²) < 4.78 is 0. The van der Waals surface area contributed by atoms with Crippen LogP contribution in [0.2, 0.25) is 0 Å². The first-order valence-corrected chi connectivity index (χ1v) is 6.97. The van der Waals surface area contributed by atoms with Crippen LogP contribution in [0.25, 0.3) is 0 Å². The van der Waals surface area contributed by atoms with Crippen molar-refractivity contribution >= 4 is 0 Å². The minimum absolute atomic E-state index is 0.378. The Kier molecular flexibility index (Phi) is 3.37. The van der Waals surface area contributed by atoms with Gasteiger partial charge < -0.3 is 0 Å². The molecule has 0 heteroatoms. The Morgan fingerprint density at radius 1 is 1.06 bits per heavy atom. The molecule has 0 aliphatic heterocycles. The van der Waals surface area contributed by atoms with Crippen molar-refractivity contribution in [3.8, 4) is 0 Å². The molecule has 100 valence electrons. The Morgan fingerprint density at radius 3 is 1.88 bits per heavy atom. The normalized spacial score (nSPS) is 33.6. The van der Waals surface area contributed by atoms with E-state index in [1.165, 1.54) is 24.8 Å². The fourth-order valence-corrected chi connectivity index (χ4v) is 3.28. The molecule has 0 aromatic rings. The molecular formula is C17H32. The lowest BCUT2D eigenvalue weighted by atomic mass is 9.63. The molecule has 2 unspecified atom stereocenters. The molecule has 17 heavy (non-hydrogen) atoms. The van der Waals surface area contributed by atoms with E-state index in [9.17, 15) is 0 Å². The van der Waals surface area contributed by atoms with Crippen LogP contribution < -0.4 is 0 Å². The monoisotopic (exact) mass is 236 g/mol. The van der Waals surface area contributed by atoms with Gasteiger partial charge in [-0.2, -0.15) is 0 Å². The van der Waals surface area contributed by atoms with E-state index in [0.717, 1.165) is 0 Å². The van der Waals surface area contributed by atoms with Gasteiger partial charge in [-0.05, 0) is 47.8 Å². The zero-order valence-electron chi connectivity index (χ0n) is 13.3. The quantitative estimate of drug-likeness (QED) is 0.539. The Hall–Kier alpha value is -0.260. The molecule has 1 aliphatic carbocycles. The van der Waals surface area contributed by atoms with E-state index in [1.54, 1.807) is 0 Å². The SMILES string of the molecule is C=C(C)CC1(C)CC1(C)CC(C)(C)C(C)(C)C. The molecule has 0 spiro atoms. The van der Waals surface area contributed by atoms with Crippen molar-refractivity contribution in [1.82, 2.24) is 0 Å². The molecule has 1 aliphatic rings. The van der Waals surface area contributed by atoms with Crippen molar-refractivity contribution in [2.24, 2.45) is 21.7 Å². The van der Waals surface area contributed by atoms with Gasteiger partial charge in [0, 0.05) is 0 Å². The van der Waals surface area contributed by atoms with E-state index >= 15 is 0 Å². The molecule has 0 aromatic heterocycles. The summed E-state index contributed by atoms with van der Waals surface area (Å²) in [5.74, 6) is 0. The number of hydrogen-bond acceptors (Lipinski definition) is 0. The van der Waals surface area contributed by atoms with Crippen molar-refractivity contribution in [3.05, 3.63) is 12.2 Å². The Labute approximate surface area is 109 Å². The summed E-state index contributed by atoms with van der Waals surface area (Å²) in [4.78, 5) is 0. The summed E-state index contributed by atoms with van der Waals surface area (Å²) in [5, 5.41) is 0. The Bertz CT molecular complexity index is 315. The van der Waals surface area contributed by atoms with Gasteiger partial charge in [0.05, 0.1) is 0 Å². The summed E-state index contributed by atoms with van der Waals surface area (Å²) in [7, 11) is 0. The zero-order valence-corrected chi connectivity index (χ0v) is 13.3. The van der Waals surface area contributed by atoms with Gasteiger partial charge in [0.1, 0.15) is 0 Å². The molecule has 0 heterocycles. The average Bonchev–Trinajstić information content (AvgIpc) is 2.45. The summed E-state index contributed by atoms with van der Waals surface area (Å²) in [5.41, 5.74) is 3.13. The van der Waals surface area contributed by atoms with Crippen LogP contribution in [-0.2, 0) is 0 Å². The van der Waals surface area contributed by atoms with Gasteiger partial charge in [-0.3, -0.25) is 0 Å². The van der Waals surface area contributed by atoms with Gasteiger partial charge in [-0.25, -0.2) is 0 Å². The number of rotatable bonds is 4. The van der Waals surface area contributed by atoms with Crippen LogP contribution in [0.15, 0.2) is 12.2 Å². The maximum absolute atomic E-state index is 4.09. The van der Waals surface area contributed by atoms with E-state index < -0.39 is 0 Å². The summed E-state index contributed by atoms with van der Waals surface area (Å²) in [6, 6.07) is 0. The lowest BCUT2D eigenvalue weighted by Crippen LogP contribution is -2.33. The third-order valence-electron chi connectivity index (χ3n) is 5.67. The molecule has 0 nitrogen and oxygen atoms in total. The molecule has 0 aromatic carbocycles. The van der Waals surface area contributed by atoms with Gasteiger partial charge in [0.15, 0.2) is 0 Å². The summed E-state index contributed by atoms with van der Waals surface area (Å²) in [6.45, 7) is 23.1. The van der Waals surface area contributed by atoms with Crippen LogP contribution >= 0.6 is 0 Å². The minimum atomic E-state index is 0.378. The Balaban J connectivity index is 2.75. The van der Waals surface area contributed by atoms with Crippen molar-refractivity contribution in [2.45, 2.75) is 74.7 Å². The largest absolute Gasteiger partial charge is 0.100 e. The van der Waals surface area contributed by atoms with E-state index in [0.29, 0.717) is 21.7 Å². The fraction of sp³-hybridized carbons (Fsp3) is 0.882. The maximum atomic E-state index is 4.09. The molecular weight excluding hydrogens is 204 g/mol. The van der Waals surface area contributed by atoms with E-state index in [-0.39, 0.29) is 0 Å². The fourth-order valence-electron chi connectivity index (χ4n) is 3.28. The van der Waals surface area contributed by atoms with Crippen LogP contribution in [0.3, 0.4) is 0 Å². The summed E-state index contributed by atoms with van der Waals surface area (Å²) in [6.07, 6.45) is 3.89. The highest BCUT2D eigenvalue weighted by Gasteiger charge is 2.62. The zero-order chi connectivity index (χ0) is 13.7. The molecule has 1 saturated carbocycles. The molecule has 2 atom stereocenters. The van der Waals surface area contributed by atoms with Gasteiger partial charge in [0.2, 0.25) is 0 Å². The highest BCUT2D eigenvalue weighted by atomic mass is 14.7. The second-order valence-corrected chi connectivity index (χ2v) is 8.74. The predicted octanol–water partition coefficient (Wildman–Crippen LogP) is 5.83. The van der Waals surface area contributed by atoms with Gasteiger partial charge >= 0.3 is 0 Å². The first-order valence-electron chi connectivity index (χ1n) is 6.97. The van der Waals surface area contributed by atoms with Gasteiger partial charge in [-0.15, -0.1) is 6.58 Å². The molecule has 1 rings (SSSR count). The van der Waals surface area contributed by atoms with Crippen LogP contribution in [0.1, 0.15) is 74.7 Å². The van der Waals surface area contributed by atoms with Gasteiger partial charge in [0.25, 0.3) is 0 Å². The average molecular weight is 236 g/mol. The number of allylic oxidation sites excluding steroid dienone is 1. The first kappa shape index (κ1) is 14.8. The molecule has 0 amide bonds. The molecule has 0 radical (unpaired) electrons. The van der Waals surface area contributed by atoms with Crippen molar-refractivity contribution < 1.29 is 0 Å². The van der Waals surface area contributed by atoms with Crippen LogP contribution in [0.5, 0.6) is 0 Å². The van der Waals surface area contributed by atoms with Crippen LogP contribution in [0.4, 0.5) is 0 Å². The second kappa shape index (κ2) is 3.87. The smallest absolute Gasteiger partial charge is 0.0229 e. The third kappa shape index (κ3) is 2.77.